The maximum atomic E-state index is 13.3. The summed E-state index contributed by atoms with van der Waals surface area (Å²) in [5, 5.41) is 8.51. The highest BCUT2D eigenvalue weighted by molar-refractivity contribution is 5.92. The third-order valence-electron chi connectivity index (χ3n) is 2.37. The van der Waals surface area contributed by atoms with E-state index in [4.69, 9.17) is 4.52 Å². The van der Waals surface area contributed by atoms with E-state index in [0.717, 1.165) is 12.1 Å². The van der Waals surface area contributed by atoms with Gasteiger partial charge in [0, 0.05) is 6.92 Å². The van der Waals surface area contributed by atoms with Crippen LogP contribution in [0.3, 0.4) is 0 Å². The lowest BCUT2D eigenvalue weighted by Gasteiger charge is -2.07. The number of aromatic nitrogens is 2. The zero-order valence-electron chi connectivity index (χ0n) is 10.6. The minimum absolute atomic E-state index is 0.138. The molecule has 6 nitrogen and oxygen atoms in total. The lowest BCUT2D eigenvalue weighted by atomic mass is 10.3. The molecule has 0 atom stereocenters. The van der Waals surface area contributed by atoms with E-state index in [0.29, 0.717) is 11.7 Å². The molecule has 8 heteroatoms. The van der Waals surface area contributed by atoms with E-state index >= 15 is 0 Å². The molecule has 2 rings (SSSR count). The fourth-order valence-electron chi connectivity index (χ4n) is 1.50. The number of carbonyl (C=O) groups is 1. The van der Waals surface area contributed by atoms with Crippen LogP contribution >= 0.6 is 0 Å². The number of hydrogen-bond donors (Lipinski definition) is 2. The minimum Gasteiger partial charge on any atom is -0.340 e. The first-order valence-corrected chi connectivity index (χ1v) is 5.80. The van der Waals surface area contributed by atoms with Gasteiger partial charge >= 0.3 is 0 Å². The third-order valence-corrected chi connectivity index (χ3v) is 2.37. The maximum absolute atomic E-state index is 13.3. The lowest BCUT2D eigenvalue weighted by Crippen LogP contribution is -2.28. The topological polar surface area (TPSA) is 80.0 Å². The second kappa shape index (κ2) is 6.20. The van der Waals surface area contributed by atoms with Gasteiger partial charge in [0.05, 0.1) is 13.1 Å². The maximum Gasteiger partial charge on any atom is 0.238 e. The van der Waals surface area contributed by atoms with E-state index in [9.17, 15) is 13.6 Å². The molecule has 20 heavy (non-hydrogen) atoms. The van der Waals surface area contributed by atoms with Crippen molar-refractivity contribution in [3.05, 3.63) is 41.5 Å². The Kier molecular flexibility index (Phi) is 4.36. The third kappa shape index (κ3) is 3.58. The predicted octanol–water partition coefficient (Wildman–Crippen LogP) is 1.38. The molecule has 0 fully saturated rings. The van der Waals surface area contributed by atoms with Gasteiger partial charge in [-0.25, -0.2) is 8.78 Å². The molecule has 1 aromatic heterocycles. The molecule has 0 saturated heterocycles. The number of amides is 1. The van der Waals surface area contributed by atoms with Gasteiger partial charge in [0.2, 0.25) is 11.8 Å². The van der Waals surface area contributed by atoms with E-state index < -0.39 is 23.2 Å². The van der Waals surface area contributed by atoms with E-state index in [-0.39, 0.29) is 13.1 Å². The Morgan fingerprint density at radius 2 is 2.05 bits per heavy atom. The van der Waals surface area contributed by atoms with E-state index in [1.54, 1.807) is 6.92 Å². The van der Waals surface area contributed by atoms with Crippen LogP contribution in [0.5, 0.6) is 0 Å². The first kappa shape index (κ1) is 14.1. The van der Waals surface area contributed by atoms with Gasteiger partial charge in [0.25, 0.3) is 0 Å². The molecule has 0 radical (unpaired) electrons. The normalized spacial score (nSPS) is 10.6. The average Bonchev–Trinajstić information content (AvgIpc) is 2.80. The fourth-order valence-corrected chi connectivity index (χ4v) is 1.50. The highest BCUT2D eigenvalue weighted by atomic mass is 19.1. The summed E-state index contributed by atoms with van der Waals surface area (Å²) in [6.07, 6.45) is 0. The summed E-state index contributed by atoms with van der Waals surface area (Å²) in [7, 11) is 0. The number of carbonyl (C=O) groups excluding carboxylic acids is 1. The zero-order chi connectivity index (χ0) is 14.5. The summed E-state index contributed by atoms with van der Waals surface area (Å²) in [4.78, 5) is 15.5. The second-order valence-electron chi connectivity index (χ2n) is 3.98. The molecule has 0 aliphatic rings. The Bertz CT molecular complexity index is 595. The van der Waals surface area contributed by atoms with Crippen LogP contribution in [-0.2, 0) is 11.3 Å². The predicted molar refractivity (Wildman–Crippen MR) is 65.7 cm³/mol. The first-order valence-electron chi connectivity index (χ1n) is 5.80. The number of nitrogens with one attached hydrogen (secondary N) is 2. The van der Waals surface area contributed by atoms with Crippen molar-refractivity contribution >= 4 is 11.6 Å². The van der Waals surface area contributed by atoms with Gasteiger partial charge in [-0.3, -0.25) is 4.79 Å². The number of hydrogen-bond acceptors (Lipinski definition) is 5. The molecule has 2 aromatic rings. The minimum atomic E-state index is -0.827. The smallest absolute Gasteiger partial charge is 0.238 e. The molecule has 1 heterocycles. The zero-order valence-corrected chi connectivity index (χ0v) is 10.6. The van der Waals surface area contributed by atoms with Crippen molar-refractivity contribution < 1.29 is 18.1 Å². The molecule has 1 aromatic carbocycles. The van der Waals surface area contributed by atoms with Crippen molar-refractivity contribution in [2.24, 2.45) is 0 Å². The Morgan fingerprint density at radius 3 is 2.65 bits per heavy atom. The average molecular weight is 282 g/mol. The number of benzene rings is 1. The molecular weight excluding hydrogens is 270 g/mol. The van der Waals surface area contributed by atoms with E-state index in [2.05, 4.69) is 20.8 Å². The van der Waals surface area contributed by atoms with Crippen molar-refractivity contribution in [1.29, 1.82) is 0 Å². The van der Waals surface area contributed by atoms with Crippen LogP contribution in [0, 0.1) is 18.6 Å². The number of nitrogens with zero attached hydrogens (tertiary/aromatic N) is 2. The summed E-state index contributed by atoms with van der Waals surface area (Å²) >= 11 is 0. The fraction of sp³-hybridized carbons (Fsp3) is 0.250. The van der Waals surface area contributed by atoms with Gasteiger partial charge < -0.3 is 15.2 Å². The van der Waals surface area contributed by atoms with E-state index in [1.807, 2.05) is 0 Å². The number of halogens is 2. The highest BCUT2D eigenvalue weighted by Crippen LogP contribution is 2.17. The van der Waals surface area contributed by atoms with Gasteiger partial charge in [-0.2, -0.15) is 4.98 Å². The van der Waals surface area contributed by atoms with Gasteiger partial charge in [0.1, 0.15) is 17.3 Å². The quantitative estimate of drug-likeness (QED) is 0.866. The van der Waals surface area contributed by atoms with Crippen LogP contribution in [-0.4, -0.2) is 22.6 Å². The Labute approximate surface area is 113 Å². The summed E-state index contributed by atoms with van der Waals surface area (Å²) < 4.78 is 31.3. The van der Waals surface area contributed by atoms with Crippen molar-refractivity contribution in [2.75, 3.05) is 11.9 Å². The SMILES string of the molecule is Cc1nc(CNCC(=O)Nc2c(F)cccc2F)no1. The first-order chi connectivity index (χ1) is 9.56. The van der Waals surface area contributed by atoms with Crippen LogP contribution in [0.25, 0.3) is 0 Å². The second-order valence-corrected chi connectivity index (χ2v) is 3.98. The van der Waals surface area contributed by atoms with Crippen LogP contribution < -0.4 is 10.6 Å². The molecule has 0 bridgehead atoms. The van der Waals surface area contributed by atoms with Gasteiger partial charge in [-0.1, -0.05) is 11.2 Å². The van der Waals surface area contributed by atoms with Crippen LogP contribution in [0.1, 0.15) is 11.7 Å². The van der Waals surface area contributed by atoms with Gasteiger partial charge in [-0.15, -0.1) is 0 Å². The van der Waals surface area contributed by atoms with Gasteiger partial charge in [-0.05, 0) is 12.1 Å². The standard InChI is InChI=1S/C12H12F2N4O2/c1-7-16-10(18-20-7)5-15-6-11(19)17-12-8(13)3-2-4-9(12)14/h2-4,15H,5-6H2,1H3,(H,17,19). The monoisotopic (exact) mass is 282 g/mol. The molecule has 0 aliphatic carbocycles. The number of aryl methyl sites for hydroxylation is 1. The Balaban J connectivity index is 1.84. The molecule has 0 aliphatic heterocycles. The molecule has 106 valence electrons. The molecule has 1 amide bonds. The van der Waals surface area contributed by atoms with Crippen LogP contribution in [0.15, 0.2) is 22.7 Å². The molecule has 0 unspecified atom stereocenters. The van der Waals surface area contributed by atoms with Crippen LogP contribution in [0.2, 0.25) is 0 Å². The molecule has 0 spiro atoms. The molecule has 0 saturated carbocycles. The summed E-state index contributed by atoms with van der Waals surface area (Å²) in [6.45, 7) is 1.72. The summed E-state index contributed by atoms with van der Waals surface area (Å²) in [5.74, 6) is -1.42. The number of rotatable bonds is 5. The molecular formula is C12H12F2N4O2. The van der Waals surface area contributed by atoms with Crippen molar-refractivity contribution in [2.45, 2.75) is 13.5 Å². The Morgan fingerprint density at radius 1 is 1.35 bits per heavy atom. The van der Waals surface area contributed by atoms with Crippen molar-refractivity contribution in [3.8, 4) is 0 Å². The molecule has 2 N–H and O–H groups in total. The summed E-state index contributed by atoms with van der Waals surface area (Å²) in [6, 6.07) is 3.35. The number of para-hydroxylation sites is 1. The van der Waals surface area contributed by atoms with Crippen LogP contribution in [0.4, 0.5) is 14.5 Å². The van der Waals surface area contributed by atoms with Gasteiger partial charge in [0.15, 0.2) is 5.82 Å². The largest absolute Gasteiger partial charge is 0.340 e. The van der Waals surface area contributed by atoms with Crippen molar-refractivity contribution in [3.63, 3.8) is 0 Å². The van der Waals surface area contributed by atoms with Crippen molar-refractivity contribution in [1.82, 2.24) is 15.5 Å². The summed E-state index contributed by atoms with van der Waals surface area (Å²) in [5.41, 5.74) is -0.463. The highest BCUT2D eigenvalue weighted by Gasteiger charge is 2.11. The lowest BCUT2D eigenvalue weighted by molar-refractivity contribution is -0.115. The van der Waals surface area contributed by atoms with E-state index in [1.165, 1.54) is 6.07 Å². The number of anilines is 1. The Hall–Kier alpha value is -2.35.